The molecular formula is C52H68N8O21S. The largest absolute Gasteiger partial charge is 0.504 e. The Morgan fingerprint density at radius 1 is 0.780 bits per heavy atom. The van der Waals surface area contributed by atoms with Crippen LogP contribution in [-0.4, -0.2) is 226 Å². The number of rotatable bonds is 16. The standard InChI is InChI=1S/C52H68N8O21S/c1-24-20-60-43(44(24)69)49(73)54-19-28(64)17-34(53)46(70)55-40(25(2)63)50(74)59-21-29(65)18-35(59)47(71)56-41(38(68)15-26-11-12-36(66)39(16-26)79-82-81-80-77)48(72)57-42(51(60)75)37(67)13-14-58(27(22-61)23-62)52(76)78-45-32-9-5-3-7-30(32)31-8-4-6-10-33(31)45/h3-12,16,24-25,27-29,34-35,37-38,40-45,61-69,77H,13-15,17-23,53H2,1-2H3,(H,54,73)(H,55,70)(H,56,71)(H,57,72)/t24-,25+,28+,29+,34?,35-,37+,38+,40-,41-,42-,43-,44-/m0/s1. The molecule has 1 unspecified atom stereocenters. The molecule has 3 fully saturated rings. The first-order valence-corrected chi connectivity index (χ1v) is 26.9. The van der Waals surface area contributed by atoms with Crippen molar-refractivity contribution in [3.8, 4) is 22.6 Å². The summed E-state index contributed by atoms with van der Waals surface area (Å²) in [4.78, 5) is 103. The highest BCUT2D eigenvalue weighted by Crippen LogP contribution is 2.45. The predicted octanol–water partition coefficient (Wildman–Crippen LogP) is -3.82. The third-order valence-corrected chi connectivity index (χ3v) is 15.3. The van der Waals surface area contributed by atoms with E-state index in [-0.39, 0.29) is 23.6 Å². The number of fused-ring (bicyclic) bond motifs is 5. The lowest BCUT2D eigenvalue weighted by Gasteiger charge is -2.35. The number of aliphatic hydroxyl groups is 8. The number of carbonyl (C=O) groups is 7. The van der Waals surface area contributed by atoms with Crippen LogP contribution in [-0.2, 0) is 49.3 Å². The number of hydrogen-bond acceptors (Lipinski definition) is 23. The Balaban J connectivity index is 1.27. The smallest absolute Gasteiger partial charge is 0.411 e. The van der Waals surface area contributed by atoms with Crippen molar-refractivity contribution in [3.63, 3.8) is 0 Å². The van der Waals surface area contributed by atoms with E-state index >= 15 is 9.59 Å². The summed E-state index contributed by atoms with van der Waals surface area (Å²) in [6.07, 6.45) is -14.8. The minimum Gasteiger partial charge on any atom is -0.504 e. The molecule has 1 aliphatic carbocycles. The van der Waals surface area contributed by atoms with Crippen molar-refractivity contribution < 1.29 is 103 Å². The predicted molar refractivity (Wildman–Crippen MR) is 282 cm³/mol. The second kappa shape index (κ2) is 28.0. The zero-order valence-corrected chi connectivity index (χ0v) is 45.2. The SMILES string of the molecule is C[C@@H](O)[C@@H]1NC(=O)C(N)C[C@@H](O)CNC(=O)[C@@H]2[C@@H](O)[C@@H](C)CN2C(=O)[C@H]([C@H](O)CCN(C(=O)OC2c3ccccc3-c3ccccc32)C(CO)CO)NC(=O)[C@H]([C@H](O)Cc2ccc(O)c(OSOOO)c2)NC(=O)[C@@H]2C[C@@H](O)CN2C1=O. The number of benzene rings is 3. The van der Waals surface area contributed by atoms with Crippen LogP contribution in [0.4, 0.5) is 4.79 Å². The number of nitrogens with two attached hydrogens (primary N) is 1. The van der Waals surface area contributed by atoms with Crippen LogP contribution in [0.5, 0.6) is 11.5 Å². The normalized spacial score (nSPS) is 26.9. The quantitative estimate of drug-likeness (QED) is 0.0283. The molecule has 29 nitrogen and oxygen atoms in total. The Kier molecular flexibility index (Phi) is 21.4. The average Bonchev–Trinajstić information content (AvgIpc) is 4.30. The number of nitrogens with one attached hydrogen (secondary N) is 4. The van der Waals surface area contributed by atoms with Crippen LogP contribution in [0.25, 0.3) is 11.1 Å². The molecule has 3 aromatic rings. The van der Waals surface area contributed by atoms with Gasteiger partial charge in [0, 0.05) is 56.1 Å². The summed E-state index contributed by atoms with van der Waals surface area (Å²) >= 11 is 0.0577. The molecule has 82 heavy (non-hydrogen) atoms. The van der Waals surface area contributed by atoms with Crippen LogP contribution < -0.4 is 31.2 Å². The lowest BCUT2D eigenvalue weighted by molar-refractivity contribution is -0.433. The second-order valence-corrected chi connectivity index (χ2v) is 21.1. The van der Waals surface area contributed by atoms with Gasteiger partial charge < -0.3 is 96.6 Å². The van der Waals surface area contributed by atoms with Crippen LogP contribution in [0.15, 0.2) is 66.7 Å². The first-order valence-electron chi connectivity index (χ1n) is 26.2. The number of phenols is 1. The first-order chi connectivity index (χ1) is 39.1. The van der Waals surface area contributed by atoms with Crippen LogP contribution in [0.1, 0.15) is 55.9 Å². The van der Waals surface area contributed by atoms with E-state index in [1.807, 2.05) is 12.1 Å². The van der Waals surface area contributed by atoms with Gasteiger partial charge >= 0.3 is 6.09 Å². The summed E-state index contributed by atoms with van der Waals surface area (Å²) in [5, 5.41) is 121. The molecule has 13 atom stereocenters. The zero-order chi connectivity index (χ0) is 59.7. The minimum absolute atomic E-state index is 0.0577. The van der Waals surface area contributed by atoms with E-state index in [0.717, 1.165) is 44.9 Å². The van der Waals surface area contributed by atoms with Gasteiger partial charge in [-0.05, 0) is 48.6 Å². The van der Waals surface area contributed by atoms with Gasteiger partial charge in [-0.3, -0.25) is 28.8 Å². The minimum atomic E-state index is -2.22. The number of amides is 7. The summed E-state index contributed by atoms with van der Waals surface area (Å²) in [6, 6.07) is 5.12. The lowest BCUT2D eigenvalue weighted by Crippen LogP contribution is -2.64. The average molecular weight is 1170 g/mol. The fourth-order valence-corrected chi connectivity index (χ4v) is 10.8. The van der Waals surface area contributed by atoms with Crippen molar-refractivity contribution in [2.45, 2.75) is 125 Å². The maximum absolute atomic E-state index is 15.2. The number of phenolic OH excluding ortho intramolecular Hbond substituents is 1. The third kappa shape index (κ3) is 14.3. The number of aromatic hydroxyl groups is 1. The number of hydrogen-bond donors (Lipinski definition) is 15. The number of carbonyl (C=O) groups excluding carboxylic acids is 7. The monoisotopic (exact) mass is 1170 g/mol. The van der Waals surface area contributed by atoms with Gasteiger partial charge in [0.1, 0.15) is 30.2 Å². The molecule has 30 heteroatoms. The van der Waals surface area contributed by atoms with Gasteiger partial charge in [-0.15, -0.1) is 0 Å². The van der Waals surface area contributed by atoms with Gasteiger partial charge in [0.2, 0.25) is 35.4 Å². The van der Waals surface area contributed by atoms with Crippen molar-refractivity contribution in [2.75, 3.05) is 39.4 Å². The Labute approximate surface area is 473 Å². The summed E-state index contributed by atoms with van der Waals surface area (Å²) in [6.45, 7) is -1.22. The molecule has 7 amide bonds. The molecule has 7 rings (SSSR count). The van der Waals surface area contributed by atoms with E-state index < -0.39 is 203 Å². The van der Waals surface area contributed by atoms with Gasteiger partial charge in [-0.1, -0.05) is 70.9 Å². The molecule has 16 N–H and O–H groups in total. The fraction of sp³-hybridized carbons (Fsp3) is 0.519. The van der Waals surface area contributed by atoms with Crippen LogP contribution in [0.2, 0.25) is 0 Å². The van der Waals surface area contributed by atoms with E-state index in [0.29, 0.717) is 11.1 Å². The molecule has 3 heterocycles. The van der Waals surface area contributed by atoms with Gasteiger partial charge in [-0.2, -0.15) is 0 Å². The molecule has 3 saturated heterocycles. The van der Waals surface area contributed by atoms with E-state index in [1.54, 1.807) is 36.4 Å². The summed E-state index contributed by atoms with van der Waals surface area (Å²) in [5.41, 5.74) is 8.99. The number of aliphatic hydroxyl groups excluding tert-OH is 8. The molecule has 448 valence electrons. The summed E-state index contributed by atoms with van der Waals surface area (Å²) < 4.78 is 15.4. The van der Waals surface area contributed by atoms with Crippen molar-refractivity contribution in [1.29, 1.82) is 0 Å². The Morgan fingerprint density at radius 2 is 1.40 bits per heavy atom. The van der Waals surface area contributed by atoms with Gasteiger partial charge in [0.05, 0.1) is 61.9 Å². The van der Waals surface area contributed by atoms with Crippen molar-refractivity contribution >= 4 is 53.9 Å². The highest BCUT2D eigenvalue weighted by Gasteiger charge is 2.50. The molecule has 0 radical (unpaired) electrons. The molecule has 0 bridgehead atoms. The maximum atomic E-state index is 15.2. The highest BCUT2D eigenvalue weighted by atomic mass is 32.2. The summed E-state index contributed by atoms with van der Waals surface area (Å²) in [5.74, 6) is -8.79. The van der Waals surface area contributed by atoms with Crippen molar-refractivity contribution in [1.82, 2.24) is 36.0 Å². The van der Waals surface area contributed by atoms with E-state index in [1.165, 1.54) is 13.0 Å². The van der Waals surface area contributed by atoms with Crippen LogP contribution in [0, 0.1) is 5.92 Å². The molecular weight excluding hydrogens is 1100 g/mol. The molecule has 3 aliphatic heterocycles. The van der Waals surface area contributed by atoms with Crippen molar-refractivity contribution in [2.24, 2.45) is 11.7 Å². The van der Waals surface area contributed by atoms with Crippen LogP contribution >= 0.6 is 12.3 Å². The Hall–Kier alpha value is -6.78. The number of nitrogens with zero attached hydrogens (tertiary/aromatic N) is 3. The number of ether oxygens (including phenoxy) is 1. The zero-order valence-electron chi connectivity index (χ0n) is 44.4. The number of β-amino-alcohol motifs (C(OH)–C–C–N with tert-alkyl or cyclic N) is 1. The molecule has 3 aromatic carbocycles. The van der Waals surface area contributed by atoms with Gasteiger partial charge in [-0.25, -0.2) is 10.1 Å². The summed E-state index contributed by atoms with van der Waals surface area (Å²) in [7, 11) is 0. The molecule has 0 saturated carbocycles. The maximum Gasteiger partial charge on any atom is 0.411 e. The van der Waals surface area contributed by atoms with E-state index in [4.69, 9.17) is 19.9 Å². The highest BCUT2D eigenvalue weighted by molar-refractivity contribution is 7.90. The topological polar surface area (TPSA) is 443 Å². The second-order valence-electron chi connectivity index (χ2n) is 20.6. The van der Waals surface area contributed by atoms with E-state index in [9.17, 15) is 69.9 Å². The lowest BCUT2D eigenvalue weighted by atomic mass is 9.98. The van der Waals surface area contributed by atoms with Gasteiger partial charge in [0.15, 0.2) is 17.6 Å². The molecule has 0 aromatic heterocycles. The molecule has 4 aliphatic rings. The first kappa shape index (κ1) is 62.8. The Morgan fingerprint density at radius 3 is 2.04 bits per heavy atom. The third-order valence-electron chi connectivity index (χ3n) is 14.9. The van der Waals surface area contributed by atoms with E-state index in [2.05, 4.69) is 30.6 Å². The van der Waals surface area contributed by atoms with Crippen LogP contribution in [0.3, 0.4) is 0 Å². The Bertz CT molecular complexity index is 2730. The van der Waals surface area contributed by atoms with Crippen molar-refractivity contribution in [3.05, 3.63) is 83.4 Å². The fourth-order valence-electron chi connectivity index (χ4n) is 10.5. The van der Waals surface area contributed by atoms with Gasteiger partial charge in [0.25, 0.3) is 12.3 Å². The molecule has 0 spiro atoms.